The zero-order valence-electron chi connectivity index (χ0n) is 29.3. The van der Waals surface area contributed by atoms with E-state index in [0.29, 0.717) is 0 Å². The smallest absolute Gasteiger partial charge is 0.220 e. The van der Waals surface area contributed by atoms with Gasteiger partial charge in [0.15, 0.2) is 0 Å². The fourth-order valence-corrected chi connectivity index (χ4v) is 9.57. The molecule has 11 aromatic rings. The van der Waals surface area contributed by atoms with Gasteiger partial charge in [-0.2, -0.15) is 0 Å². The lowest BCUT2D eigenvalue weighted by Crippen LogP contribution is -2.28. The van der Waals surface area contributed by atoms with Crippen LogP contribution in [0.5, 0.6) is 0 Å². The molecule has 3 aromatic heterocycles. The molecule has 12 rings (SSSR count). The number of rotatable bonds is 4. The van der Waals surface area contributed by atoms with Crippen molar-refractivity contribution in [2.24, 2.45) is 0 Å². The maximum absolute atomic E-state index is 5.16. The molecule has 252 valence electrons. The molecule has 0 bridgehead atoms. The second kappa shape index (κ2) is 10.9. The van der Waals surface area contributed by atoms with E-state index >= 15 is 0 Å². The third kappa shape index (κ3) is 3.79. The Balaban J connectivity index is 1.11. The Morgan fingerprint density at radius 1 is 0.370 bits per heavy atom. The van der Waals surface area contributed by atoms with E-state index < -0.39 is 5.41 Å². The molecule has 0 N–H and O–H groups in total. The lowest BCUT2D eigenvalue weighted by Gasteiger charge is -2.34. The third-order valence-electron chi connectivity index (χ3n) is 11.7. The molecule has 0 unspecified atom stereocenters. The summed E-state index contributed by atoms with van der Waals surface area (Å²) in [4.78, 5) is 5.16. The Bertz CT molecular complexity index is 3240. The summed E-state index contributed by atoms with van der Waals surface area (Å²) in [5, 5.41) is 2.42. The summed E-state index contributed by atoms with van der Waals surface area (Å²) < 4.78 is 7.03. The zero-order valence-corrected chi connectivity index (χ0v) is 29.3. The highest BCUT2D eigenvalue weighted by Crippen LogP contribution is 2.56. The fourth-order valence-electron chi connectivity index (χ4n) is 9.57. The summed E-state index contributed by atoms with van der Waals surface area (Å²) in [6.07, 6.45) is 0. The van der Waals surface area contributed by atoms with Crippen molar-refractivity contribution in [2.45, 2.75) is 5.41 Å². The zero-order chi connectivity index (χ0) is 35.4. The summed E-state index contributed by atoms with van der Waals surface area (Å²) in [7, 11) is 0. The van der Waals surface area contributed by atoms with E-state index in [1.165, 1.54) is 55.2 Å². The minimum absolute atomic E-state index is 0.467. The van der Waals surface area contributed by atoms with Gasteiger partial charge in [0, 0.05) is 22.1 Å². The van der Waals surface area contributed by atoms with Crippen LogP contribution in [-0.4, -0.2) is 18.5 Å². The second-order valence-corrected chi connectivity index (χ2v) is 14.4. The van der Waals surface area contributed by atoms with Crippen molar-refractivity contribution in [1.29, 1.82) is 0 Å². The lowest BCUT2D eigenvalue weighted by atomic mass is 9.67. The van der Waals surface area contributed by atoms with Crippen LogP contribution < -0.4 is 0 Å². The van der Waals surface area contributed by atoms with Gasteiger partial charge in [-0.15, -0.1) is 0 Å². The Morgan fingerprint density at radius 3 is 1.76 bits per heavy atom. The lowest BCUT2D eigenvalue weighted by molar-refractivity contribution is 0.767. The van der Waals surface area contributed by atoms with Gasteiger partial charge in [-0.05, 0) is 94.0 Å². The largest absolute Gasteiger partial charge is 0.309 e. The molecule has 0 amide bonds. The highest BCUT2D eigenvalue weighted by Gasteiger charge is 2.46. The molecule has 54 heavy (non-hydrogen) atoms. The maximum Gasteiger partial charge on any atom is 0.220 e. The van der Waals surface area contributed by atoms with E-state index in [1.54, 1.807) is 0 Å². The fraction of sp³-hybridized carbons (Fsp3) is 0.0200. The molecule has 4 heteroatoms. The minimum atomic E-state index is -0.467. The number of aromatic nitrogens is 4. The van der Waals surface area contributed by atoms with Crippen LogP contribution in [0.1, 0.15) is 22.3 Å². The van der Waals surface area contributed by atoms with Gasteiger partial charge < -0.3 is 4.57 Å². The van der Waals surface area contributed by atoms with Crippen molar-refractivity contribution in [1.82, 2.24) is 18.5 Å². The van der Waals surface area contributed by atoms with Gasteiger partial charge in [-0.25, -0.2) is 4.98 Å². The van der Waals surface area contributed by atoms with Gasteiger partial charge >= 0.3 is 0 Å². The standard InChI is InChI=1S/C50H32N4/c1-2-15-33(16-3-1)50(41-22-7-4-19-37(41)38-20-5-8-23-42(38)50)34-17-14-18-35(31-34)52-44-25-10-6-21-39(44)40-32-36(29-30-45(40)52)53-47-27-12-13-28-48(47)54-46-26-11-9-24-43(46)51-49(53)54/h1-32H. The van der Waals surface area contributed by atoms with Gasteiger partial charge in [0.2, 0.25) is 5.78 Å². The predicted molar refractivity (Wildman–Crippen MR) is 221 cm³/mol. The SMILES string of the molecule is c1ccc(C2(c3cccc(-n4c5ccccc5c5cc(-n6c7ccccc7n7c8ccccc8nc67)ccc54)c3)c3ccccc3-c3ccccc32)cc1. The second-order valence-electron chi connectivity index (χ2n) is 14.4. The summed E-state index contributed by atoms with van der Waals surface area (Å²) in [5.74, 6) is 0.913. The third-order valence-corrected chi connectivity index (χ3v) is 11.7. The Hall–Kier alpha value is -7.17. The predicted octanol–water partition coefficient (Wildman–Crippen LogP) is 11.9. The van der Waals surface area contributed by atoms with Gasteiger partial charge in [0.05, 0.1) is 38.5 Å². The van der Waals surface area contributed by atoms with E-state index in [2.05, 4.69) is 208 Å². The topological polar surface area (TPSA) is 27.2 Å². The van der Waals surface area contributed by atoms with Crippen molar-refractivity contribution in [3.8, 4) is 22.5 Å². The van der Waals surface area contributed by atoms with Gasteiger partial charge in [0.25, 0.3) is 0 Å². The number of benzene rings is 8. The van der Waals surface area contributed by atoms with Gasteiger partial charge in [-0.3, -0.25) is 8.97 Å². The summed E-state index contributed by atoms with van der Waals surface area (Å²) in [6.45, 7) is 0. The summed E-state index contributed by atoms with van der Waals surface area (Å²) in [6, 6.07) is 70.8. The van der Waals surface area contributed by atoms with Crippen molar-refractivity contribution in [2.75, 3.05) is 0 Å². The van der Waals surface area contributed by atoms with Crippen LogP contribution in [0.15, 0.2) is 194 Å². The molecule has 0 spiro atoms. The summed E-state index contributed by atoms with van der Waals surface area (Å²) in [5.41, 5.74) is 16.2. The molecule has 8 aromatic carbocycles. The average Bonchev–Trinajstić information content (AvgIpc) is 3.96. The van der Waals surface area contributed by atoms with Gasteiger partial charge in [0.1, 0.15) is 0 Å². The highest BCUT2D eigenvalue weighted by atomic mass is 15.2. The van der Waals surface area contributed by atoms with Crippen molar-refractivity contribution in [3.63, 3.8) is 0 Å². The first kappa shape index (κ1) is 29.4. The number of para-hydroxylation sites is 5. The first-order valence-electron chi connectivity index (χ1n) is 18.6. The van der Waals surface area contributed by atoms with E-state index in [1.807, 2.05) is 0 Å². The molecule has 4 nitrogen and oxygen atoms in total. The molecule has 1 aliphatic carbocycles. The van der Waals surface area contributed by atoms with E-state index in [0.717, 1.165) is 39.2 Å². The van der Waals surface area contributed by atoms with Gasteiger partial charge in [-0.1, -0.05) is 133 Å². The van der Waals surface area contributed by atoms with Crippen LogP contribution in [0.3, 0.4) is 0 Å². The van der Waals surface area contributed by atoms with E-state index in [9.17, 15) is 0 Å². The normalized spacial score (nSPS) is 13.3. The number of hydrogen-bond donors (Lipinski definition) is 0. The molecule has 1 aliphatic rings. The summed E-state index contributed by atoms with van der Waals surface area (Å²) >= 11 is 0. The molecule has 0 atom stereocenters. The molecular weight excluding hydrogens is 657 g/mol. The molecule has 0 radical (unpaired) electrons. The van der Waals surface area contributed by atoms with E-state index in [4.69, 9.17) is 4.98 Å². The molecule has 0 aliphatic heterocycles. The molecule has 0 saturated carbocycles. The Kier molecular flexibility index (Phi) is 5.95. The first-order valence-corrected chi connectivity index (χ1v) is 18.6. The number of imidazole rings is 2. The molecule has 3 heterocycles. The molecular formula is C50H32N4. The first-order chi connectivity index (χ1) is 26.8. The van der Waals surface area contributed by atoms with Crippen molar-refractivity contribution < 1.29 is 0 Å². The van der Waals surface area contributed by atoms with Crippen LogP contribution in [0.4, 0.5) is 0 Å². The average molecular weight is 689 g/mol. The van der Waals surface area contributed by atoms with Crippen molar-refractivity contribution in [3.05, 3.63) is 216 Å². The highest BCUT2D eigenvalue weighted by molar-refractivity contribution is 6.10. The monoisotopic (exact) mass is 688 g/mol. The van der Waals surface area contributed by atoms with Crippen LogP contribution in [-0.2, 0) is 5.41 Å². The van der Waals surface area contributed by atoms with Crippen molar-refractivity contribution >= 4 is 49.7 Å². The Labute approximate surface area is 311 Å². The van der Waals surface area contributed by atoms with Crippen LogP contribution in [0.25, 0.3) is 72.2 Å². The minimum Gasteiger partial charge on any atom is -0.309 e. The maximum atomic E-state index is 5.16. The number of nitrogens with zero attached hydrogens (tertiary/aromatic N) is 4. The number of fused-ring (bicyclic) bond motifs is 11. The quantitative estimate of drug-likeness (QED) is 0.181. The van der Waals surface area contributed by atoms with E-state index in [-0.39, 0.29) is 0 Å². The number of hydrogen-bond acceptors (Lipinski definition) is 1. The Morgan fingerprint density at radius 2 is 0.963 bits per heavy atom. The molecule has 0 fully saturated rings. The van der Waals surface area contributed by atoms with Crippen LogP contribution in [0.2, 0.25) is 0 Å². The van der Waals surface area contributed by atoms with Crippen LogP contribution in [0, 0.1) is 0 Å². The molecule has 0 saturated heterocycles. The van der Waals surface area contributed by atoms with Crippen LogP contribution >= 0.6 is 0 Å².